The second-order valence-electron chi connectivity index (χ2n) is 8.35. The Morgan fingerprint density at radius 3 is 2.41 bits per heavy atom. The summed E-state index contributed by atoms with van der Waals surface area (Å²) in [4.78, 5) is 11.7. The molecule has 0 unspecified atom stereocenters. The van der Waals surface area contributed by atoms with Gasteiger partial charge in [-0.3, -0.25) is 4.79 Å². The molecule has 1 heterocycles. The summed E-state index contributed by atoms with van der Waals surface area (Å²) >= 11 is 3.51. The van der Waals surface area contributed by atoms with Crippen molar-refractivity contribution in [2.24, 2.45) is 0 Å². The van der Waals surface area contributed by atoms with Gasteiger partial charge in [0.25, 0.3) is 0 Å². The van der Waals surface area contributed by atoms with Crippen molar-refractivity contribution in [3.05, 3.63) is 87.9 Å². The number of hydrogen-bond acceptors (Lipinski definition) is 5. The molecule has 5 rings (SSSR count). The average molecular weight is 528 g/mol. The molecule has 0 saturated heterocycles. The van der Waals surface area contributed by atoms with E-state index in [0.717, 1.165) is 15.6 Å². The van der Waals surface area contributed by atoms with Crippen LogP contribution in [0.15, 0.2) is 71.2 Å². The number of halogens is 1. The van der Waals surface area contributed by atoms with E-state index in [1.54, 1.807) is 26.4 Å². The van der Waals surface area contributed by atoms with Crippen molar-refractivity contribution in [3.63, 3.8) is 0 Å². The van der Waals surface area contributed by atoms with Crippen LogP contribution in [0.2, 0.25) is 0 Å². The van der Waals surface area contributed by atoms with E-state index >= 15 is 0 Å². The number of amides is 1. The van der Waals surface area contributed by atoms with Crippen molar-refractivity contribution >= 4 is 22.3 Å². The van der Waals surface area contributed by atoms with Crippen LogP contribution in [0, 0.1) is 0 Å². The molecule has 1 fully saturated rings. The van der Waals surface area contributed by atoms with Gasteiger partial charge in [-0.2, -0.15) is 0 Å². The summed E-state index contributed by atoms with van der Waals surface area (Å²) in [6.45, 7) is 0. The van der Waals surface area contributed by atoms with Gasteiger partial charge in [0.2, 0.25) is 6.41 Å². The van der Waals surface area contributed by atoms with Gasteiger partial charge < -0.3 is 30.1 Å². The van der Waals surface area contributed by atoms with Gasteiger partial charge in [0, 0.05) is 22.5 Å². The van der Waals surface area contributed by atoms with Gasteiger partial charge in [-0.15, -0.1) is 0 Å². The van der Waals surface area contributed by atoms with Crippen LogP contribution >= 0.6 is 15.9 Å². The molecule has 2 aliphatic rings. The fraction of sp³-hybridized carbons (Fsp3) is 0.269. The molecule has 0 radical (unpaired) electrons. The lowest BCUT2D eigenvalue weighted by atomic mass is 9.71. The third-order valence-electron chi connectivity index (χ3n) is 6.92. The van der Waals surface area contributed by atoms with E-state index in [-0.39, 0.29) is 11.4 Å². The Morgan fingerprint density at radius 2 is 1.79 bits per heavy atom. The van der Waals surface area contributed by atoms with E-state index in [4.69, 9.17) is 14.2 Å². The van der Waals surface area contributed by atoms with Gasteiger partial charge in [-0.05, 0) is 29.7 Å². The van der Waals surface area contributed by atoms with Crippen LogP contribution in [0.1, 0.15) is 29.0 Å². The minimum atomic E-state index is -1.60. The highest BCUT2D eigenvalue weighted by atomic mass is 79.9. The smallest absolute Gasteiger partial charge is 0.207 e. The minimum Gasteiger partial charge on any atom is -0.496 e. The molecular weight excluding hydrogens is 502 g/mol. The number of methoxy groups -OCH3 is 2. The summed E-state index contributed by atoms with van der Waals surface area (Å²) in [5.41, 5.74) is -0.499. The lowest BCUT2D eigenvalue weighted by molar-refractivity contribution is -0.126. The van der Waals surface area contributed by atoms with Crippen LogP contribution in [0.5, 0.6) is 17.2 Å². The van der Waals surface area contributed by atoms with E-state index in [2.05, 4.69) is 21.2 Å². The largest absolute Gasteiger partial charge is 0.496 e. The molecule has 0 aromatic heterocycles. The molecule has 7 nitrogen and oxygen atoms in total. The number of aliphatic hydroxyl groups is 1. The summed E-state index contributed by atoms with van der Waals surface area (Å²) in [5.74, 6) is 1.20. The van der Waals surface area contributed by atoms with E-state index in [1.807, 2.05) is 54.6 Å². The van der Waals surface area contributed by atoms with E-state index < -0.39 is 17.2 Å². The Kier molecular flexibility index (Phi) is 6.33. The van der Waals surface area contributed by atoms with Crippen LogP contribution in [-0.4, -0.2) is 37.3 Å². The van der Waals surface area contributed by atoms with Gasteiger partial charge in [-0.1, -0.05) is 58.4 Å². The van der Waals surface area contributed by atoms with Crippen molar-refractivity contribution in [1.29, 1.82) is 0 Å². The van der Waals surface area contributed by atoms with Crippen molar-refractivity contribution in [1.82, 2.24) is 5.32 Å². The van der Waals surface area contributed by atoms with E-state index in [1.165, 1.54) is 0 Å². The molecule has 8 heteroatoms. The predicted molar refractivity (Wildman–Crippen MR) is 130 cm³/mol. The highest BCUT2D eigenvalue weighted by Gasteiger charge is 2.73. The highest BCUT2D eigenvalue weighted by Crippen LogP contribution is 2.68. The lowest BCUT2D eigenvalue weighted by Gasteiger charge is -2.41. The van der Waals surface area contributed by atoms with Crippen molar-refractivity contribution in [2.45, 2.75) is 29.6 Å². The second-order valence-corrected chi connectivity index (χ2v) is 9.27. The molecule has 0 spiro atoms. The van der Waals surface area contributed by atoms with Crippen LogP contribution in [0.3, 0.4) is 0 Å². The first kappa shape index (κ1) is 24.1. The zero-order valence-electron chi connectivity index (χ0n) is 18.7. The summed E-state index contributed by atoms with van der Waals surface area (Å²) in [6.07, 6.45) is 1.11. The van der Waals surface area contributed by atoms with Crippen molar-refractivity contribution < 1.29 is 29.6 Å². The van der Waals surface area contributed by atoms with Crippen LogP contribution in [0.4, 0.5) is 0 Å². The highest BCUT2D eigenvalue weighted by molar-refractivity contribution is 9.10. The van der Waals surface area contributed by atoms with E-state index in [0.29, 0.717) is 35.6 Å². The Balaban J connectivity index is 0.00000274. The molecule has 1 saturated carbocycles. The SMILES string of the molecule is COc1cc(OC)c2c(c1)O[C@]1(c3ccc(Br)cc3)[C@@H](c3ccccc3)C[C@@H](NC=O)[C@]21O.O. The van der Waals surface area contributed by atoms with Gasteiger partial charge in [-0.25, -0.2) is 0 Å². The van der Waals surface area contributed by atoms with Gasteiger partial charge in [0.15, 0.2) is 11.2 Å². The van der Waals surface area contributed by atoms with Gasteiger partial charge in [0.1, 0.15) is 17.2 Å². The number of benzene rings is 3. The third kappa shape index (κ3) is 3.20. The fourth-order valence-electron chi connectivity index (χ4n) is 5.58. The second kappa shape index (κ2) is 8.94. The molecule has 0 bridgehead atoms. The summed E-state index contributed by atoms with van der Waals surface area (Å²) in [7, 11) is 3.11. The number of ether oxygens (including phenoxy) is 3. The predicted octanol–water partition coefficient (Wildman–Crippen LogP) is 3.42. The number of carbonyl (C=O) groups excluding carboxylic acids is 1. The maximum absolute atomic E-state index is 12.7. The molecule has 1 aliphatic carbocycles. The summed E-state index contributed by atoms with van der Waals surface area (Å²) in [6, 6.07) is 20.6. The van der Waals surface area contributed by atoms with Crippen molar-refractivity contribution in [2.75, 3.05) is 14.2 Å². The molecule has 4 N–H and O–H groups in total. The topological polar surface area (TPSA) is 109 Å². The maximum atomic E-state index is 12.7. The van der Waals surface area contributed by atoms with E-state index in [9.17, 15) is 9.90 Å². The van der Waals surface area contributed by atoms with Crippen LogP contribution in [-0.2, 0) is 16.0 Å². The Morgan fingerprint density at radius 1 is 1.09 bits per heavy atom. The van der Waals surface area contributed by atoms with Crippen LogP contribution < -0.4 is 19.5 Å². The first-order valence-electron chi connectivity index (χ1n) is 10.7. The third-order valence-corrected chi connectivity index (χ3v) is 7.45. The Bertz CT molecular complexity index is 1190. The summed E-state index contributed by atoms with van der Waals surface area (Å²) in [5, 5.41) is 15.6. The standard InChI is InChI=1S/C26H24BrNO5.H2O/c1-31-19-12-21(32-2)24-22(13-19)33-26(17-8-10-18(27)11-9-17)20(16-6-4-3-5-7-16)14-23(28-15-29)25(24,26)30;/h3-13,15,20,23,30H,14H2,1-2H3,(H,28,29);1H2/t20-,23-,25+,26-;/m1./s1. The molecule has 34 heavy (non-hydrogen) atoms. The van der Waals surface area contributed by atoms with Gasteiger partial charge in [0.05, 0.1) is 25.8 Å². The summed E-state index contributed by atoms with van der Waals surface area (Å²) < 4.78 is 18.9. The zero-order chi connectivity index (χ0) is 23.2. The van der Waals surface area contributed by atoms with Crippen LogP contribution in [0.25, 0.3) is 0 Å². The Labute approximate surface area is 206 Å². The normalized spacial score (nSPS) is 26.5. The number of nitrogens with one attached hydrogen (secondary N) is 1. The Hall–Kier alpha value is -3.07. The first-order chi connectivity index (χ1) is 16.0. The fourth-order valence-corrected chi connectivity index (χ4v) is 5.85. The van der Waals surface area contributed by atoms with Gasteiger partial charge >= 0.3 is 0 Å². The molecule has 178 valence electrons. The number of rotatable bonds is 6. The lowest BCUT2D eigenvalue weighted by Crippen LogP contribution is -2.55. The molecule has 1 amide bonds. The first-order valence-corrected chi connectivity index (χ1v) is 11.5. The number of fused-ring (bicyclic) bond motifs is 3. The molecular formula is C26H26BrNO6. The molecule has 3 aromatic rings. The molecule has 3 aromatic carbocycles. The molecule has 1 aliphatic heterocycles. The zero-order valence-corrected chi connectivity index (χ0v) is 20.3. The number of carbonyl (C=O) groups is 1. The maximum Gasteiger partial charge on any atom is 0.207 e. The number of hydrogen-bond donors (Lipinski definition) is 2. The average Bonchev–Trinajstić information content (AvgIpc) is 3.25. The molecule has 4 atom stereocenters. The minimum absolute atomic E-state index is 0. The van der Waals surface area contributed by atoms with Crippen molar-refractivity contribution in [3.8, 4) is 17.2 Å². The monoisotopic (exact) mass is 527 g/mol. The quantitative estimate of drug-likeness (QED) is 0.477.